The standard InChI is InChI=1S/C21H26O5/c1-11(2)9-17(24)19(25)21(4)13-7-8-20(3,26)14(13)10-12-15(22)5-6-16(23)18(12)21/h5-6,9,13-14,17,24,26H,7-8,10H2,1-4H3/t13?,14-,17+,20+,21?/m1/s1. The van der Waals surface area contributed by atoms with E-state index in [-0.39, 0.29) is 29.0 Å². The van der Waals surface area contributed by atoms with Crippen molar-refractivity contribution in [3.63, 3.8) is 0 Å². The molecular weight excluding hydrogens is 332 g/mol. The monoisotopic (exact) mass is 358 g/mol. The highest BCUT2D eigenvalue weighted by Crippen LogP contribution is 2.59. The minimum Gasteiger partial charge on any atom is -0.390 e. The number of allylic oxidation sites excluding steroid dienone is 5. The average molecular weight is 358 g/mol. The predicted molar refractivity (Wildman–Crippen MR) is 96.2 cm³/mol. The van der Waals surface area contributed by atoms with Crippen molar-refractivity contribution in [3.05, 3.63) is 34.9 Å². The van der Waals surface area contributed by atoms with Crippen LogP contribution in [0.25, 0.3) is 0 Å². The van der Waals surface area contributed by atoms with Crippen molar-refractivity contribution in [1.82, 2.24) is 0 Å². The van der Waals surface area contributed by atoms with E-state index in [9.17, 15) is 24.6 Å². The van der Waals surface area contributed by atoms with Gasteiger partial charge in [0.15, 0.2) is 17.3 Å². The Morgan fingerprint density at radius 1 is 1.19 bits per heavy atom. The quantitative estimate of drug-likeness (QED) is 0.595. The minimum absolute atomic E-state index is 0.218. The first-order chi connectivity index (χ1) is 12.0. The van der Waals surface area contributed by atoms with Crippen LogP contribution in [-0.4, -0.2) is 39.3 Å². The number of aliphatic hydroxyl groups excluding tert-OH is 1. The zero-order valence-electron chi connectivity index (χ0n) is 15.7. The Bertz CT molecular complexity index is 778. The maximum Gasteiger partial charge on any atom is 0.183 e. The van der Waals surface area contributed by atoms with E-state index in [1.54, 1.807) is 27.7 Å². The molecule has 0 spiro atoms. The fraction of sp³-hybridized carbons (Fsp3) is 0.571. The van der Waals surface area contributed by atoms with Gasteiger partial charge in [0.1, 0.15) is 6.10 Å². The van der Waals surface area contributed by atoms with E-state index in [1.807, 2.05) is 0 Å². The van der Waals surface area contributed by atoms with Crippen molar-refractivity contribution in [2.24, 2.45) is 17.3 Å². The molecule has 5 heteroatoms. The Labute approximate surface area is 153 Å². The van der Waals surface area contributed by atoms with Gasteiger partial charge < -0.3 is 10.2 Å². The number of hydrogen-bond acceptors (Lipinski definition) is 5. The van der Waals surface area contributed by atoms with Crippen molar-refractivity contribution in [1.29, 1.82) is 0 Å². The fourth-order valence-electron chi connectivity index (χ4n) is 5.11. The molecule has 0 bridgehead atoms. The first kappa shape index (κ1) is 18.9. The largest absolute Gasteiger partial charge is 0.390 e. The van der Waals surface area contributed by atoms with Gasteiger partial charge in [0.05, 0.1) is 11.0 Å². The molecule has 0 radical (unpaired) electrons. The van der Waals surface area contributed by atoms with Gasteiger partial charge in [-0.1, -0.05) is 11.6 Å². The molecule has 1 saturated carbocycles. The number of hydrogen-bond donors (Lipinski definition) is 2. The number of ketones is 3. The Morgan fingerprint density at radius 3 is 2.42 bits per heavy atom. The van der Waals surface area contributed by atoms with Crippen LogP contribution in [0.3, 0.4) is 0 Å². The number of Topliss-reactive ketones (excluding diaryl/α,β-unsaturated/α-hetero) is 1. The maximum atomic E-state index is 13.3. The zero-order chi connectivity index (χ0) is 19.4. The van der Waals surface area contributed by atoms with Crippen LogP contribution >= 0.6 is 0 Å². The number of aliphatic hydroxyl groups is 2. The molecule has 3 aliphatic carbocycles. The summed E-state index contributed by atoms with van der Waals surface area (Å²) in [5, 5.41) is 21.3. The molecule has 0 aliphatic heterocycles. The number of carbonyl (C=O) groups excluding carboxylic acids is 3. The lowest BCUT2D eigenvalue weighted by molar-refractivity contribution is -0.139. The van der Waals surface area contributed by atoms with Crippen LogP contribution in [0.1, 0.15) is 47.0 Å². The van der Waals surface area contributed by atoms with Gasteiger partial charge in [0.25, 0.3) is 0 Å². The fourth-order valence-corrected chi connectivity index (χ4v) is 5.11. The van der Waals surface area contributed by atoms with E-state index in [0.717, 1.165) is 5.57 Å². The van der Waals surface area contributed by atoms with Gasteiger partial charge in [0, 0.05) is 11.1 Å². The van der Waals surface area contributed by atoms with E-state index in [2.05, 4.69) is 0 Å². The highest BCUT2D eigenvalue weighted by Gasteiger charge is 2.61. The number of rotatable bonds is 3. The first-order valence-electron chi connectivity index (χ1n) is 9.10. The van der Waals surface area contributed by atoms with Crippen LogP contribution in [0.15, 0.2) is 34.9 Å². The second kappa shape index (κ2) is 6.10. The molecule has 3 aliphatic rings. The summed E-state index contributed by atoms with van der Waals surface area (Å²) < 4.78 is 0. The molecule has 0 heterocycles. The predicted octanol–water partition coefficient (Wildman–Crippen LogP) is 2.07. The third kappa shape index (κ3) is 2.65. The van der Waals surface area contributed by atoms with E-state index >= 15 is 0 Å². The summed E-state index contributed by atoms with van der Waals surface area (Å²) in [7, 11) is 0. The lowest BCUT2D eigenvalue weighted by Crippen LogP contribution is -2.52. The van der Waals surface area contributed by atoms with E-state index in [4.69, 9.17) is 0 Å². The third-order valence-electron chi connectivity index (χ3n) is 6.43. The van der Waals surface area contributed by atoms with E-state index in [0.29, 0.717) is 24.8 Å². The molecule has 5 atom stereocenters. The summed E-state index contributed by atoms with van der Waals surface area (Å²) >= 11 is 0. The van der Waals surface area contributed by atoms with Crippen LogP contribution in [0.4, 0.5) is 0 Å². The Hall–Kier alpha value is -1.85. The highest BCUT2D eigenvalue weighted by molar-refractivity contribution is 6.23. The van der Waals surface area contributed by atoms with Crippen molar-refractivity contribution in [3.8, 4) is 0 Å². The number of carbonyl (C=O) groups is 3. The van der Waals surface area contributed by atoms with Crippen LogP contribution < -0.4 is 0 Å². The van der Waals surface area contributed by atoms with Crippen LogP contribution in [0, 0.1) is 17.3 Å². The van der Waals surface area contributed by atoms with Gasteiger partial charge in [-0.3, -0.25) is 14.4 Å². The van der Waals surface area contributed by atoms with Crippen LogP contribution in [0.2, 0.25) is 0 Å². The van der Waals surface area contributed by atoms with Gasteiger partial charge in [-0.05, 0) is 70.9 Å². The third-order valence-corrected chi connectivity index (χ3v) is 6.43. The van der Waals surface area contributed by atoms with Gasteiger partial charge in [-0.2, -0.15) is 0 Å². The Kier molecular flexibility index (Phi) is 4.44. The second-order valence-corrected chi connectivity index (χ2v) is 8.48. The van der Waals surface area contributed by atoms with Gasteiger partial charge in [-0.15, -0.1) is 0 Å². The van der Waals surface area contributed by atoms with Crippen molar-refractivity contribution < 1.29 is 24.6 Å². The van der Waals surface area contributed by atoms with Crippen LogP contribution in [-0.2, 0) is 14.4 Å². The Morgan fingerprint density at radius 2 is 1.81 bits per heavy atom. The SMILES string of the molecule is CC(C)=C[C@H](O)C(=O)C1(C)C2=C(C[C@@H]3C1CC[C@]3(C)O)C(=O)C=CC2=O. The van der Waals surface area contributed by atoms with Gasteiger partial charge in [0.2, 0.25) is 0 Å². The smallest absolute Gasteiger partial charge is 0.183 e. The zero-order valence-corrected chi connectivity index (χ0v) is 15.7. The molecule has 2 unspecified atom stereocenters. The molecule has 0 saturated heterocycles. The summed E-state index contributed by atoms with van der Waals surface area (Å²) in [6, 6.07) is 0. The molecular formula is C21H26O5. The molecule has 2 N–H and O–H groups in total. The molecule has 140 valence electrons. The van der Waals surface area contributed by atoms with Gasteiger partial charge >= 0.3 is 0 Å². The summed E-state index contributed by atoms with van der Waals surface area (Å²) in [6.45, 7) is 6.96. The van der Waals surface area contributed by atoms with Crippen molar-refractivity contribution >= 4 is 17.3 Å². The molecule has 0 aromatic carbocycles. The lowest BCUT2D eigenvalue weighted by atomic mass is 9.55. The maximum absolute atomic E-state index is 13.3. The van der Waals surface area contributed by atoms with Crippen molar-refractivity contribution in [2.45, 2.75) is 58.7 Å². The lowest BCUT2D eigenvalue weighted by Gasteiger charge is -2.47. The highest BCUT2D eigenvalue weighted by atomic mass is 16.3. The summed E-state index contributed by atoms with van der Waals surface area (Å²) in [5.74, 6) is -1.68. The van der Waals surface area contributed by atoms with Gasteiger partial charge in [-0.25, -0.2) is 0 Å². The number of fused-ring (bicyclic) bond motifs is 1. The second-order valence-electron chi connectivity index (χ2n) is 8.48. The molecule has 0 amide bonds. The molecule has 3 rings (SSSR count). The van der Waals surface area contributed by atoms with E-state index < -0.39 is 22.9 Å². The Balaban J connectivity index is 2.20. The normalized spacial score (nSPS) is 37.3. The molecule has 26 heavy (non-hydrogen) atoms. The van der Waals surface area contributed by atoms with E-state index in [1.165, 1.54) is 18.2 Å². The summed E-state index contributed by atoms with van der Waals surface area (Å²) in [5.41, 5.74) is -0.963. The molecule has 5 nitrogen and oxygen atoms in total. The molecule has 1 fully saturated rings. The first-order valence-corrected chi connectivity index (χ1v) is 9.10. The minimum atomic E-state index is -1.35. The topological polar surface area (TPSA) is 91.7 Å². The van der Waals surface area contributed by atoms with Crippen molar-refractivity contribution in [2.75, 3.05) is 0 Å². The average Bonchev–Trinajstić information content (AvgIpc) is 2.85. The summed E-state index contributed by atoms with van der Waals surface area (Å²) in [4.78, 5) is 38.5. The molecule has 0 aromatic rings. The summed E-state index contributed by atoms with van der Waals surface area (Å²) in [6.07, 6.45) is 3.94. The molecule has 0 aromatic heterocycles. The van der Waals surface area contributed by atoms with Crippen LogP contribution in [0.5, 0.6) is 0 Å².